The fraction of sp³-hybridized carbons (Fsp3) is 0.318. The number of nitrogens with zero attached hydrogens (tertiary/aromatic N) is 4. The maximum Gasteiger partial charge on any atom is 0.291 e. The van der Waals surface area contributed by atoms with Crippen molar-refractivity contribution in [2.24, 2.45) is 0 Å². The summed E-state index contributed by atoms with van der Waals surface area (Å²) in [6.07, 6.45) is 0. The summed E-state index contributed by atoms with van der Waals surface area (Å²) >= 11 is 0. The summed E-state index contributed by atoms with van der Waals surface area (Å²) in [6.45, 7) is 4.68. The van der Waals surface area contributed by atoms with Gasteiger partial charge in [-0.1, -0.05) is 12.1 Å². The molecule has 1 atom stereocenters. The normalized spacial score (nSPS) is 15.6. The number of morpholine rings is 1. The number of carbonyl (C=O) groups excluding carboxylic acids is 1. The van der Waals surface area contributed by atoms with Crippen LogP contribution in [0.25, 0.3) is 5.69 Å². The van der Waals surface area contributed by atoms with Crippen molar-refractivity contribution in [3.8, 4) is 5.69 Å². The second-order valence-corrected chi connectivity index (χ2v) is 7.30. The summed E-state index contributed by atoms with van der Waals surface area (Å²) < 4.78 is 33.5. The van der Waals surface area contributed by atoms with Gasteiger partial charge in [-0.3, -0.25) is 9.69 Å². The summed E-state index contributed by atoms with van der Waals surface area (Å²) in [6, 6.07) is 12.0. The summed E-state index contributed by atoms with van der Waals surface area (Å²) in [7, 11) is 0. The van der Waals surface area contributed by atoms with E-state index in [9.17, 15) is 13.6 Å². The van der Waals surface area contributed by atoms with E-state index in [1.165, 1.54) is 28.9 Å². The monoisotopic (exact) mass is 427 g/mol. The van der Waals surface area contributed by atoms with Crippen molar-refractivity contribution in [3.05, 3.63) is 77.4 Å². The van der Waals surface area contributed by atoms with Gasteiger partial charge in [0.1, 0.15) is 17.5 Å². The first-order valence-electron chi connectivity index (χ1n) is 10.1. The number of hydrogen-bond donors (Lipinski definition) is 1. The number of nitrogens with one attached hydrogen (secondary N) is 1. The fourth-order valence-corrected chi connectivity index (χ4v) is 3.61. The van der Waals surface area contributed by atoms with Crippen LogP contribution in [0.1, 0.15) is 28.0 Å². The van der Waals surface area contributed by atoms with Crippen LogP contribution in [0.15, 0.2) is 48.5 Å². The van der Waals surface area contributed by atoms with E-state index in [0.29, 0.717) is 44.4 Å². The first kappa shape index (κ1) is 21.1. The van der Waals surface area contributed by atoms with Crippen LogP contribution in [-0.4, -0.2) is 58.4 Å². The quantitative estimate of drug-likeness (QED) is 0.655. The Labute approximate surface area is 178 Å². The van der Waals surface area contributed by atoms with Gasteiger partial charge in [0.15, 0.2) is 0 Å². The second-order valence-electron chi connectivity index (χ2n) is 7.30. The van der Waals surface area contributed by atoms with Gasteiger partial charge in [0.05, 0.1) is 24.9 Å². The molecule has 0 radical (unpaired) electrons. The van der Waals surface area contributed by atoms with Gasteiger partial charge >= 0.3 is 0 Å². The third-order valence-corrected chi connectivity index (χ3v) is 5.24. The molecule has 0 bridgehead atoms. The third-order valence-electron chi connectivity index (χ3n) is 5.24. The number of rotatable bonds is 6. The molecule has 1 aliphatic rings. The highest BCUT2D eigenvalue weighted by Gasteiger charge is 2.24. The zero-order chi connectivity index (χ0) is 21.8. The fourth-order valence-electron chi connectivity index (χ4n) is 3.61. The van der Waals surface area contributed by atoms with E-state index in [0.717, 1.165) is 5.56 Å². The summed E-state index contributed by atoms with van der Waals surface area (Å²) in [5, 5.41) is 7.17. The predicted octanol–water partition coefficient (Wildman–Crippen LogP) is 2.66. The summed E-state index contributed by atoms with van der Waals surface area (Å²) in [4.78, 5) is 19.2. The molecule has 0 spiro atoms. The zero-order valence-corrected chi connectivity index (χ0v) is 17.1. The van der Waals surface area contributed by atoms with Crippen LogP contribution in [0.3, 0.4) is 0 Å². The van der Waals surface area contributed by atoms with E-state index in [2.05, 4.69) is 20.3 Å². The molecule has 4 rings (SSSR count). The maximum atomic E-state index is 13.4. The number of aryl methyl sites for hydroxylation is 1. The minimum Gasteiger partial charge on any atom is -0.379 e. The van der Waals surface area contributed by atoms with Crippen molar-refractivity contribution in [1.29, 1.82) is 0 Å². The van der Waals surface area contributed by atoms with Crippen molar-refractivity contribution in [1.82, 2.24) is 25.0 Å². The van der Waals surface area contributed by atoms with Gasteiger partial charge in [0.25, 0.3) is 5.91 Å². The van der Waals surface area contributed by atoms with Crippen LogP contribution in [-0.2, 0) is 4.74 Å². The molecule has 0 aliphatic carbocycles. The van der Waals surface area contributed by atoms with Crippen molar-refractivity contribution < 1.29 is 18.3 Å². The molecule has 3 aromatic rings. The van der Waals surface area contributed by atoms with E-state index in [4.69, 9.17) is 4.74 Å². The number of halogens is 2. The molecule has 0 unspecified atom stereocenters. The molecule has 162 valence electrons. The minimum atomic E-state index is -0.413. The number of benzene rings is 2. The van der Waals surface area contributed by atoms with E-state index in [1.54, 1.807) is 31.2 Å². The Hall–Kier alpha value is -3.17. The smallest absolute Gasteiger partial charge is 0.291 e. The van der Waals surface area contributed by atoms with Gasteiger partial charge in [-0.15, -0.1) is 5.10 Å². The van der Waals surface area contributed by atoms with Gasteiger partial charge in [-0.2, -0.15) is 0 Å². The summed E-state index contributed by atoms with van der Waals surface area (Å²) in [5.41, 5.74) is 1.52. The first-order valence-corrected chi connectivity index (χ1v) is 10.1. The molecular formula is C22H23F2N5O2. The highest BCUT2D eigenvalue weighted by molar-refractivity contribution is 5.90. The molecule has 1 saturated heterocycles. The van der Waals surface area contributed by atoms with Crippen LogP contribution in [0, 0.1) is 18.6 Å². The zero-order valence-electron chi connectivity index (χ0n) is 17.1. The molecule has 31 heavy (non-hydrogen) atoms. The third kappa shape index (κ3) is 4.95. The number of aromatic nitrogens is 3. The van der Waals surface area contributed by atoms with Gasteiger partial charge < -0.3 is 10.1 Å². The molecule has 1 aliphatic heterocycles. The van der Waals surface area contributed by atoms with Crippen LogP contribution in [0.5, 0.6) is 0 Å². The average Bonchev–Trinajstić information content (AvgIpc) is 3.18. The lowest BCUT2D eigenvalue weighted by Gasteiger charge is -2.34. The van der Waals surface area contributed by atoms with Gasteiger partial charge in [0, 0.05) is 19.6 Å². The Bertz CT molecular complexity index is 1030. The Kier molecular flexibility index (Phi) is 6.34. The van der Waals surface area contributed by atoms with Crippen molar-refractivity contribution >= 4 is 5.91 Å². The molecule has 1 N–H and O–H groups in total. The first-order chi connectivity index (χ1) is 15.0. The minimum absolute atomic E-state index is 0.0293. The molecule has 1 amide bonds. The van der Waals surface area contributed by atoms with Crippen molar-refractivity contribution in [2.45, 2.75) is 13.0 Å². The molecule has 9 heteroatoms. The lowest BCUT2D eigenvalue weighted by molar-refractivity contribution is 0.0162. The van der Waals surface area contributed by atoms with Crippen molar-refractivity contribution in [2.75, 3.05) is 32.8 Å². The van der Waals surface area contributed by atoms with E-state index >= 15 is 0 Å². The lowest BCUT2D eigenvalue weighted by atomic mass is 10.0. The number of carbonyl (C=O) groups is 1. The summed E-state index contributed by atoms with van der Waals surface area (Å²) in [5.74, 6) is -0.528. The maximum absolute atomic E-state index is 13.4. The molecule has 1 aromatic heterocycles. The molecule has 2 heterocycles. The Balaban J connectivity index is 1.49. The van der Waals surface area contributed by atoms with E-state index in [1.807, 2.05) is 0 Å². The molecule has 1 fully saturated rings. The molecule has 0 saturated carbocycles. The Morgan fingerprint density at radius 1 is 1.06 bits per heavy atom. The van der Waals surface area contributed by atoms with E-state index < -0.39 is 5.91 Å². The topological polar surface area (TPSA) is 72.3 Å². The Morgan fingerprint density at radius 2 is 1.68 bits per heavy atom. The van der Waals surface area contributed by atoms with Crippen LogP contribution in [0.2, 0.25) is 0 Å². The standard InChI is InChI=1S/C22H23F2N5O2/c1-15-26-21(27-29(15)19-8-6-18(24)7-9-19)22(30)25-14-20(28-10-12-31-13-11-28)16-2-4-17(23)5-3-16/h2-9,20H,10-14H2,1H3,(H,25,30)/t20-/m1/s1. The largest absolute Gasteiger partial charge is 0.379 e. The molecule has 7 nitrogen and oxygen atoms in total. The second kappa shape index (κ2) is 9.32. The van der Waals surface area contributed by atoms with Gasteiger partial charge in [-0.25, -0.2) is 18.4 Å². The van der Waals surface area contributed by atoms with Gasteiger partial charge in [0.2, 0.25) is 5.82 Å². The number of ether oxygens (including phenoxy) is 1. The Morgan fingerprint density at radius 3 is 2.32 bits per heavy atom. The van der Waals surface area contributed by atoms with E-state index in [-0.39, 0.29) is 23.5 Å². The SMILES string of the molecule is Cc1nc(C(=O)NC[C@H](c2ccc(F)cc2)N2CCOCC2)nn1-c1ccc(F)cc1. The number of amides is 1. The van der Waals surface area contributed by atoms with Crippen LogP contribution < -0.4 is 5.32 Å². The van der Waals surface area contributed by atoms with Gasteiger partial charge in [-0.05, 0) is 48.9 Å². The molecular weight excluding hydrogens is 404 g/mol. The lowest BCUT2D eigenvalue weighted by Crippen LogP contribution is -2.44. The number of hydrogen-bond acceptors (Lipinski definition) is 5. The average molecular weight is 427 g/mol. The predicted molar refractivity (Wildman–Crippen MR) is 110 cm³/mol. The van der Waals surface area contributed by atoms with Crippen molar-refractivity contribution in [3.63, 3.8) is 0 Å². The van der Waals surface area contributed by atoms with Crippen LogP contribution >= 0.6 is 0 Å². The molecule has 2 aromatic carbocycles. The highest BCUT2D eigenvalue weighted by atomic mass is 19.1. The van der Waals surface area contributed by atoms with Crippen LogP contribution in [0.4, 0.5) is 8.78 Å². The highest BCUT2D eigenvalue weighted by Crippen LogP contribution is 2.22.